The summed E-state index contributed by atoms with van der Waals surface area (Å²) in [5.74, 6) is 8.70. The van der Waals surface area contributed by atoms with Gasteiger partial charge in [-0.05, 0) is 174 Å². The fourth-order valence-corrected chi connectivity index (χ4v) is 18.3. The fourth-order valence-electron chi connectivity index (χ4n) is 18.3. The molecule has 0 heteroatoms. The molecule has 14 fully saturated rings. The van der Waals surface area contributed by atoms with Gasteiger partial charge in [-0.15, -0.1) is 0 Å². The summed E-state index contributed by atoms with van der Waals surface area (Å²) < 4.78 is 0. The summed E-state index contributed by atoms with van der Waals surface area (Å²) in [4.78, 5) is 0. The van der Waals surface area contributed by atoms with Crippen molar-refractivity contribution in [2.24, 2.45) is 90.7 Å². The van der Waals surface area contributed by atoms with E-state index in [1.807, 2.05) is 0 Å². The first-order valence-electron chi connectivity index (χ1n) is 16.3. The molecule has 14 aliphatic rings. The Bertz CT molecular complexity index is 942. The van der Waals surface area contributed by atoms with Gasteiger partial charge in [-0.3, -0.25) is 0 Å². The van der Waals surface area contributed by atoms with E-state index in [0.717, 1.165) is 58.2 Å². The first-order chi connectivity index (χ1) is 16.3. The van der Waals surface area contributed by atoms with E-state index in [0.29, 0.717) is 32.5 Å². The predicted molar refractivity (Wildman–Crippen MR) is 141 cm³/mol. The van der Waals surface area contributed by atoms with Crippen LogP contribution in [-0.4, -0.2) is 0 Å². The van der Waals surface area contributed by atoms with Crippen molar-refractivity contribution in [2.45, 2.75) is 125 Å². The Morgan fingerprint density at radius 2 is 0.629 bits per heavy atom. The van der Waals surface area contributed by atoms with Crippen molar-refractivity contribution in [1.82, 2.24) is 0 Å². The fraction of sp³-hybridized carbons (Fsp3) is 1.00. The second-order valence-corrected chi connectivity index (χ2v) is 20.1. The van der Waals surface area contributed by atoms with Crippen LogP contribution in [0.15, 0.2) is 0 Å². The average molecular weight is 473 g/mol. The van der Waals surface area contributed by atoms with Gasteiger partial charge in [0, 0.05) is 0 Å². The normalized spacial score (nSPS) is 77.7. The highest BCUT2D eigenvalue weighted by atomic mass is 14.9. The minimum atomic E-state index is 0.689. The number of hydrogen-bond acceptors (Lipinski definition) is 0. The molecule has 0 spiro atoms. The Morgan fingerprint density at radius 3 is 0.943 bits per heavy atom. The molecule has 0 radical (unpaired) electrons. The van der Waals surface area contributed by atoms with Crippen molar-refractivity contribution < 1.29 is 0 Å². The van der Waals surface area contributed by atoms with Crippen LogP contribution in [0.2, 0.25) is 0 Å². The molecule has 192 valence electrons. The standard InChI is InChI=1S/C35H52/c1-28-11-24-20-7-30(3)8-21(32(20,5)15-28)25(12-28)34(24,17-30)19-35-18-31(4)9-22-26(35)13-29(2)14-27(35)23(10-31)33(22,6)16-29/h20-27H,7-19H2,1-6H3. The zero-order chi connectivity index (χ0) is 23.8. The van der Waals surface area contributed by atoms with Crippen LogP contribution < -0.4 is 0 Å². The van der Waals surface area contributed by atoms with E-state index in [2.05, 4.69) is 41.5 Å². The van der Waals surface area contributed by atoms with Gasteiger partial charge in [0.25, 0.3) is 0 Å². The zero-order valence-electron chi connectivity index (χ0n) is 23.8. The summed E-state index contributed by atoms with van der Waals surface area (Å²) in [6.07, 6.45) is 21.1. The molecule has 14 saturated carbocycles. The van der Waals surface area contributed by atoms with Crippen molar-refractivity contribution in [2.75, 3.05) is 0 Å². The zero-order valence-corrected chi connectivity index (χ0v) is 23.8. The SMILES string of the molecule is CC12CC3C4CC5(C)CC(C(C1)C3(CC13CC6(C)CC7C1CC1(C)CC3C(C6)C7(C)C1)C5)C4(C)C2. The van der Waals surface area contributed by atoms with Crippen LogP contribution in [-0.2, 0) is 0 Å². The van der Waals surface area contributed by atoms with Gasteiger partial charge in [0.1, 0.15) is 0 Å². The number of hydrogen-bond donors (Lipinski definition) is 0. The summed E-state index contributed by atoms with van der Waals surface area (Å²) >= 11 is 0. The maximum absolute atomic E-state index is 2.82. The highest BCUT2D eigenvalue weighted by Gasteiger charge is 2.82. The van der Waals surface area contributed by atoms with Crippen LogP contribution in [0.4, 0.5) is 0 Å². The second kappa shape index (κ2) is 5.12. The molecule has 14 aliphatic carbocycles. The van der Waals surface area contributed by atoms with E-state index in [9.17, 15) is 0 Å². The average Bonchev–Trinajstić information content (AvgIpc) is 2.73. The summed E-state index contributed by atoms with van der Waals surface area (Å²) in [7, 11) is 0. The number of rotatable bonds is 2. The predicted octanol–water partition coefficient (Wildman–Crippen LogP) is 9.13. The molecule has 0 N–H and O–H groups in total. The first kappa shape index (κ1) is 20.9. The van der Waals surface area contributed by atoms with Crippen molar-refractivity contribution in [3.63, 3.8) is 0 Å². The van der Waals surface area contributed by atoms with Gasteiger partial charge in [-0.25, -0.2) is 0 Å². The summed E-state index contributed by atoms with van der Waals surface area (Å²) in [6.45, 7) is 16.7. The third-order valence-electron chi connectivity index (χ3n) is 17.8. The van der Waals surface area contributed by atoms with Crippen LogP contribution in [0, 0.1) is 90.7 Å². The van der Waals surface area contributed by atoms with E-state index in [1.165, 1.54) is 0 Å². The lowest BCUT2D eigenvalue weighted by Crippen LogP contribution is -2.78. The van der Waals surface area contributed by atoms with E-state index in [-0.39, 0.29) is 0 Å². The Morgan fingerprint density at radius 1 is 0.371 bits per heavy atom. The van der Waals surface area contributed by atoms with Gasteiger partial charge in [0.15, 0.2) is 0 Å². The largest absolute Gasteiger partial charge is 0.0596 e. The Labute approximate surface area is 215 Å². The van der Waals surface area contributed by atoms with Crippen molar-refractivity contribution in [3.05, 3.63) is 0 Å². The molecule has 0 aromatic rings. The van der Waals surface area contributed by atoms with E-state index >= 15 is 0 Å². The molecule has 0 aromatic carbocycles. The van der Waals surface area contributed by atoms with Gasteiger partial charge >= 0.3 is 0 Å². The summed E-state index contributed by atoms with van der Waals surface area (Å²) in [5, 5.41) is 0. The van der Waals surface area contributed by atoms with Crippen molar-refractivity contribution >= 4 is 0 Å². The second-order valence-electron chi connectivity index (χ2n) is 20.1. The van der Waals surface area contributed by atoms with Gasteiger partial charge in [-0.1, -0.05) is 41.5 Å². The van der Waals surface area contributed by atoms with Crippen LogP contribution >= 0.6 is 0 Å². The highest BCUT2D eigenvalue weighted by Crippen LogP contribution is 2.90. The monoisotopic (exact) mass is 472 g/mol. The molecule has 0 nitrogen and oxygen atoms in total. The van der Waals surface area contributed by atoms with Crippen LogP contribution in [0.3, 0.4) is 0 Å². The Kier molecular flexibility index (Phi) is 3.06. The maximum atomic E-state index is 2.82. The summed E-state index contributed by atoms with van der Waals surface area (Å²) in [6, 6.07) is 0. The molecular weight excluding hydrogens is 420 g/mol. The molecule has 0 aromatic heterocycles. The topological polar surface area (TPSA) is 0 Å². The third-order valence-corrected chi connectivity index (χ3v) is 17.8. The first-order valence-corrected chi connectivity index (χ1v) is 16.3. The van der Waals surface area contributed by atoms with Crippen molar-refractivity contribution in [1.29, 1.82) is 0 Å². The Balaban J connectivity index is 1.16. The maximum Gasteiger partial charge on any atom is -0.0224 e. The van der Waals surface area contributed by atoms with Gasteiger partial charge in [0.2, 0.25) is 0 Å². The lowest BCUT2D eigenvalue weighted by Gasteiger charge is -2.86. The molecule has 16 bridgehead atoms. The van der Waals surface area contributed by atoms with Crippen LogP contribution in [0.5, 0.6) is 0 Å². The molecule has 0 saturated heterocycles. The minimum absolute atomic E-state index is 0.689. The van der Waals surface area contributed by atoms with Crippen molar-refractivity contribution in [3.8, 4) is 0 Å². The Hall–Kier alpha value is 0. The van der Waals surface area contributed by atoms with Crippen LogP contribution in [0.1, 0.15) is 125 Å². The van der Waals surface area contributed by atoms with Gasteiger partial charge < -0.3 is 0 Å². The van der Waals surface area contributed by atoms with E-state index < -0.39 is 0 Å². The smallest absolute Gasteiger partial charge is 0.0224 e. The molecule has 14 rings (SSSR count). The minimum Gasteiger partial charge on any atom is -0.0596 e. The lowest BCUT2D eigenvalue weighted by atomic mass is 9.19. The molecule has 35 heavy (non-hydrogen) atoms. The lowest BCUT2D eigenvalue weighted by molar-refractivity contribution is -0.372. The summed E-state index contributed by atoms with van der Waals surface area (Å²) in [5.41, 5.74) is 5.65. The van der Waals surface area contributed by atoms with Crippen LogP contribution in [0.25, 0.3) is 0 Å². The van der Waals surface area contributed by atoms with Gasteiger partial charge in [-0.2, -0.15) is 0 Å². The molecule has 0 amide bonds. The third kappa shape index (κ3) is 1.94. The molecule has 0 heterocycles. The van der Waals surface area contributed by atoms with Gasteiger partial charge in [0.05, 0.1) is 0 Å². The van der Waals surface area contributed by atoms with E-state index in [1.54, 1.807) is 83.5 Å². The molecule has 0 aliphatic heterocycles. The molecular formula is C35H52. The highest BCUT2D eigenvalue weighted by molar-refractivity contribution is 5.31. The quantitative estimate of drug-likeness (QED) is 0.376. The molecule has 8 atom stereocenters. The molecule has 8 unspecified atom stereocenters. The van der Waals surface area contributed by atoms with E-state index in [4.69, 9.17) is 0 Å².